The number of carbonyl (C=O) groups excluding carboxylic acids is 2. The third-order valence-electron chi connectivity index (χ3n) is 4.58. The molecule has 5 heteroatoms. The number of nitrogens with zero attached hydrogens (tertiary/aromatic N) is 1. The Hall–Kier alpha value is -1.57. The van der Waals surface area contributed by atoms with E-state index in [0.29, 0.717) is 12.8 Å². The molecule has 4 atom stereocenters. The van der Waals surface area contributed by atoms with Gasteiger partial charge in [-0.05, 0) is 39.5 Å². The Morgan fingerprint density at radius 3 is 2.80 bits per heavy atom. The third kappa shape index (κ3) is 2.52. The summed E-state index contributed by atoms with van der Waals surface area (Å²) in [6, 6.07) is 2.01. The van der Waals surface area contributed by atoms with E-state index in [-0.39, 0.29) is 11.9 Å². The summed E-state index contributed by atoms with van der Waals surface area (Å²) in [6.07, 6.45) is 2.15. The molecule has 20 heavy (non-hydrogen) atoms. The maximum absolute atomic E-state index is 12.2. The molecule has 5 nitrogen and oxygen atoms in total. The van der Waals surface area contributed by atoms with Crippen molar-refractivity contribution in [1.29, 1.82) is 5.26 Å². The first-order chi connectivity index (χ1) is 9.40. The van der Waals surface area contributed by atoms with E-state index in [9.17, 15) is 9.59 Å². The molecule has 2 aliphatic rings. The minimum Gasteiger partial charge on any atom is -0.458 e. The fraction of sp³-hybridized carbons (Fsp3) is 0.800. The summed E-state index contributed by atoms with van der Waals surface area (Å²) in [5.74, 6) is -1.58. The topological polar surface area (TPSA) is 76.4 Å². The number of rotatable bonds is 3. The Labute approximate surface area is 119 Å². The molecule has 1 aliphatic heterocycles. The van der Waals surface area contributed by atoms with Crippen LogP contribution in [0.5, 0.6) is 0 Å². The normalized spacial score (nSPS) is 33.0. The lowest BCUT2D eigenvalue weighted by Gasteiger charge is -2.33. The van der Waals surface area contributed by atoms with Gasteiger partial charge in [-0.25, -0.2) is 0 Å². The first kappa shape index (κ1) is 14.8. The molecule has 0 aromatic rings. The molecule has 1 heterocycles. The molecule has 1 saturated carbocycles. The highest BCUT2D eigenvalue weighted by Gasteiger charge is 2.51. The minimum atomic E-state index is -0.708. The van der Waals surface area contributed by atoms with Crippen molar-refractivity contribution in [3.63, 3.8) is 0 Å². The molecule has 110 valence electrons. The first-order valence-electron chi connectivity index (χ1n) is 7.22. The van der Waals surface area contributed by atoms with Gasteiger partial charge >= 0.3 is 11.9 Å². The lowest BCUT2D eigenvalue weighted by molar-refractivity contribution is -0.173. The predicted molar refractivity (Wildman–Crippen MR) is 70.3 cm³/mol. The first-order valence-corrected chi connectivity index (χ1v) is 7.22. The zero-order chi connectivity index (χ0) is 14.9. The quantitative estimate of drug-likeness (QED) is 0.740. The van der Waals surface area contributed by atoms with Gasteiger partial charge in [-0.15, -0.1) is 0 Å². The van der Waals surface area contributed by atoms with E-state index in [1.807, 2.05) is 26.8 Å². The van der Waals surface area contributed by atoms with Crippen molar-refractivity contribution in [2.45, 2.75) is 58.7 Å². The SMILES string of the molecule is CCC(C)(C)C(=O)OC1CCCC2C(C#N)C(=O)OC12. The number of esters is 2. The molecule has 1 saturated heterocycles. The molecular weight excluding hydrogens is 258 g/mol. The molecule has 2 fully saturated rings. The fourth-order valence-corrected chi connectivity index (χ4v) is 2.78. The Morgan fingerprint density at radius 2 is 2.20 bits per heavy atom. The summed E-state index contributed by atoms with van der Waals surface area (Å²) < 4.78 is 10.9. The summed E-state index contributed by atoms with van der Waals surface area (Å²) in [4.78, 5) is 23.8. The largest absolute Gasteiger partial charge is 0.458 e. The second-order valence-electron chi connectivity index (χ2n) is 6.28. The van der Waals surface area contributed by atoms with Crippen molar-refractivity contribution in [2.24, 2.45) is 17.3 Å². The van der Waals surface area contributed by atoms with Crippen LogP contribution in [-0.4, -0.2) is 24.1 Å². The van der Waals surface area contributed by atoms with E-state index in [2.05, 4.69) is 0 Å². The molecule has 0 amide bonds. The Morgan fingerprint density at radius 1 is 1.50 bits per heavy atom. The average molecular weight is 279 g/mol. The van der Waals surface area contributed by atoms with Crippen molar-refractivity contribution in [3.8, 4) is 6.07 Å². The molecule has 0 radical (unpaired) electrons. The number of ether oxygens (including phenoxy) is 2. The minimum absolute atomic E-state index is 0.135. The summed E-state index contributed by atoms with van der Waals surface area (Å²) >= 11 is 0. The molecule has 0 bridgehead atoms. The van der Waals surface area contributed by atoms with E-state index in [0.717, 1.165) is 12.8 Å². The second kappa shape index (κ2) is 5.43. The average Bonchev–Trinajstić information content (AvgIpc) is 2.75. The summed E-state index contributed by atoms with van der Waals surface area (Å²) in [5, 5.41) is 9.05. The van der Waals surface area contributed by atoms with Crippen molar-refractivity contribution in [1.82, 2.24) is 0 Å². The van der Waals surface area contributed by atoms with E-state index < -0.39 is 29.5 Å². The summed E-state index contributed by atoms with van der Waals surface area (Å²) in [7, 11) is 0. The van der Waals surface area contributed by atoms with Crippen molar-refractivity contribution in [3.05, 3.63) is 0 Å². The van der Waals surface area contributed by atoms with Crippen LogP contribution in [0.25, 0.3) is 0 Å². The monoisotopic (exact) mass is 279 g/mol. The van der Waals surface area contributed by atoms with Crippen LogP contribution in [0, 0.1) is 28.6 Å². The van der Waals surface area contributed by atoms with Gasteiger partial charge in [0.05, 0.1) is 11.5 Å². The van der Waals surface area contributed by atoms with E-state index in [4.69, 9.17) is 14.7 Å². The zero-order valence-corrected chi connectivity index (χ0v) is 12.2. The zero-order valence-electron chi connectivity index (χ0n) is 12.2. The number of hydrogen-bond donors (Lipinski definition) is 0. The van der Waals surface area contributed by atoms with Crippen LogP contribution in [-0.2, 0) is 19.1 Å². The van der Waals surface area contributed by atoms with Crippen molar-refractivity contribution < 1.29 is 19.1 Å². The van der Waals surface area contributed by atoms with Gasteiger partial charge < -0.3 is 9.47 Å². The molecule has 0 N–H and O–H groups in total. The maximum Gasteiger partial charge on any atom is 0.324 e. The maximum atomic E-state index is 12.2. The molecule has 0 aromatic heterocycles. The molecule has 1 aliphatic carbocycles. The molecule has 0 aromatic carbocycles. The third-order valence-corrected chi connectivity index (χ3v) is 4.58. The number of fused-ring (bicyclic) bond motifs is 1. The second-order valence-corrected chi connectivity index (χ2v) is 6.28. The van der Waals surface area contributed by atoms with E-state index in [1.165, 1.54) is 0 Å². The van der Waals surface area contributed by atoms with Gasteiger partial charge in [-0.2, -0.15) is 5.26 Å². The standard InChI is InChI=1S/C15H21NO4/c1-4-15(2,3)14(18)19-11-7-5-6-9-10(8-16)13(17)20-12(9)11/h9-12H,4-7H2,1-3H3. The number of nitriles is 1. The van der Waals surface area contributed by atoms with Gasteiger partial charge in [0.15, 0.2) is 5.92 Å². The van der Waals surface area contributed by atoms with Crippen LogP contribution >= 0.6 is 0 Å². The highest BCUT2D eigenvalue weighted by atomic mass is 16.6. The van der Waals surface area contributed by atoms with Crippen LogP contribution in [0.3, 0.4) is 0 Å². The van der Waals surface area contributed by atoms with Crippen LogP contribution in [0.1, 0.15) is 46.5 Å². The molecule has 0 spiro atoms. The summed E-state index contributed by atoms with van der Waals surface area (Å²) in [6.45, 7) is 5.62. The van der Waals surface area contributed by atoms with Gasteiger partial charge in [-0.3, -0.25) is 9.59 Å². The van der Waals surface area contributed by atoms with Crippen molar-refractivity contribution >= 4 is 11.9 Å². The highest BCUT2D eigenvalue weighted by molar-refractivity contribution is 5.79. The molecule has 4 unspecified atom stereocenters. The van der Waals surface area contributed by atoms with Crippen LogP contribution < -0.4 is 0 Å². The van der Waals surface area contributed by atoms with E-state index in [1.54, 1.807) is 0 Å². The molecule has 2 rings (SSSR count). The van der Waals surface area contributed by atoms with Gasteiger partial charge in [0.25, 0.3) is 0 Å². The lowest BCUT2D eigenvalue weighted by Crippen LogP contribution is -2.42. The Kier molecular flexibility index (Phi) is 4.03. The fourth-order valence-electron chi connectivity index (χ4n) is 2.78. The smallest absolute Gasteiger partial charge is 0.324 e. The highest BCUT2D eigenvalue weighted by Crippen LogP contribution is 2.40. The Bertz CT molecular complexity index is 451. The Balaban J connectivity index is 2.09. The van der Waals surface area contributed by atoms with Gasteiger partial charge in [0.2, 0.25) is 0 Å². The molecular formula is C15H21NO4. The van der Waals surface area contributed by atoms with Gasteiger partial charge in [0, 0.05) is 5.92 Å². The lowest BCUT2D eigenvalue weighted by atomic mass is 9.79. The van der Waals surface area contributed by atoms with Crippen molar-refractivity contribution in [2.75, 3.05) is 0 Å². The number of carbonyl (C=O) groups is 2. The van der Waals surface area contributed by atoms with Crippen LogP contribution in [0.4, 0.5) is 0 Å². The predicted octanol–water partition coefficient (Wildman–Crippen LogP) is 2.20. The van der Waals surface area contributed by atoms with E-state index >= 15 is 0 Å². The number of hydrogen-bond acceptors (Lipinski definition) is 5. The van der Waals surface area contributed by atoms with Gasteiger partial charge in [0.1, 0.15) is 12.2 Å². The van der Waals surface area contributed by atoms with Crippen LogP contribution in [0.2, 0.25) is 0 Å². The summed E-state index contributed by atoms with van der Waals surface area (Å²) in [5.41, 5.74) is -0.538. The van der Waals surface area contributed by atoms with Crippen LogP contribution in [0.15, 0.2) is 0 Å². The van der Waals surface area contributed by atoms with Gasteiger partial charge in [-0.1, -0.05) is 6.92 Å².